The highest BCUT2D eigenvalue weighted by atomic mass is 32.1. The lowest BCUT2D eigenvalue weighted by molar-refractivity contribution is -0.142. The van der Waals surface area contributed by atoms with E-state index in [2.05, 4.69) is 10.1 Å². The van der Waals surface area contributed by atoms with E-state index >= 15 is 0 Å². The number of nitrogens with zero attached hydrogens (tertiary/aromatic N) is 4. The third-order valence-corrected chi connectivity index (χ3v) is 7.37. The molecule has 5 rings (SSSR count). The number of alkyl halides is 3. The molecule has 0 spiro atoms. The van der Waals surface area contributed by atoms with Gasteiger partial charge in [-0.2, -0.15) is 18.3 Å². The van der Waals surface area contributed by atoms with Crippen molar-refractivity contribution in [2.45, 2.75) is 57.5 Å². The molecule has 1 unspecified atom stereocenters. The van der Waals surface area contributed by atoms with Gasteiger partial charge in [0.2, 0.25) is 0 Å². The second kappa shape index (κ2) is 7.62. The van der Waals surface area contributed by atoms with Crippen molar-refractivity contribution in [1.82, 2.24) is 19.5 Å². The van der Waals surface area contributed by atoms with Crippen molar-refractivity contribution in [3.8, 4) is 0 Å². The molecular formula is C22H23F3N4OS. The average molecular weight is 449 g/mol. The number of fused-ring (bicyclic) bond motifs is 2. The molecule has 1 aliphatic carbocycles. The van der Waals surface area contributed by atoms with Gasteiger partial charge in [0, 0.05) is 41.0 Å². The quantitative estimate of drug-likeness (QED) is 0.553. The van der Waals surface area contributed by atoms with Gasteiger partial charge in [-0.3, -0.25) is 4.79 Å². The summed E-state index contributed by atoms with van der Waals surface area (Å²) in [5, 5.41) is 6.25. The van der Waals surface area contributed by atoms with Crippen molar-refractivity contribution in [1.29, 1.82) is 0 Å². The van der Waals surface area contributed by atoms with Crippen molar-refractivity contribution in [2.75, 3.05) is 13.1 Å². The molecule has 0 bridgehead atoms. The summed E-state index contributed by atoms with van der Waals surface area (Å²) in [7, 11) is 0. The molecule has 9 heteroatoms. The summed E-state index contributed by atoms with van der Waals surface area (Å²) in [6.07, 6.45) is 1.36. The second-order valence-corrected chi connectivity index (χ2v) is 9.43. The van der Waals surface area contributed by atoms with Gasteiger partial charge >= 0.3 is 6.18 Å². The molecule has 3 aromatic rings. The predicted molar refractivity (Wildman–Crippen MR) is 112 cm³/mol. The normalized spacial score (nSPS) is 19.6. The molecule has 31 heavy (non-hydrogen) atoms. The van der Waals surface area contributed by atoms with Crippen LogP contribution in [0.15, 0.2) is 17.5 Å². The Hall–Kier alpha value is -2.42. The third kappa shape index (κ3) is 3.73. The summed E-state index contributed by atoms with van der Waals surface area (Å²) in [6, 6.07) is 2.65. The van der Waals surface area contributed by atoms with Crippen LogP contribution in [0.5, 0.6) is 0 Å². The summed E-state index contributed by atoms with van der Waals surface area (Å²) >= 11 is 1.67. The van der Waals surface area contributed by atoms with Gasteiger partial charge < -0.3 is 4.90 Å². The van der Waals surface area contributed by atoms with Gasteiger partial charge in [-0.1, -0.05) is 0 Å². The number of aromatic nitrogens is 3. The lowest BCUT2D eigenvalue weighted by Gasteiger charge is -2.32. The molecule has 0 saturated carbocycles. The average Bonchev–Trinajstić information content (AvgIpc) is 3.36. The van der Waals surface area contributed by atoms with Gasteiger partial charge in [-0.15, -0.1) is 11.3 Å². The topological polar surface area (TPSA) is 50.5 Å². The number of hydrogen-bond acceptors (Lipinski definition) is 4. The van der Waals surface area contributed by atoms with Gasteiger partial charge in [0.15, 0.2) is 5.65 Å². The molecule has 1 saturated heterocycles. The Morgan fingerprint density at radius 1 is 1.19 bits per heavy atom. The van der Waals surface area contributed by atoms with Gasteiger partial charge in [0.1, 0.15) is 5.69 Å². The minimum Gasteiger partial charge on any atom is -0.338 e. The number of amides is 1. The number of thiophene rings is 1. The number of carbonyl (C=O) groups is 1. The van der Waals surface area contributed by atoms with Crippen LogP contribution in [-0.4, -0.2) is 38.5 Å². The molecule has 1 aliphatic heterocycles. The number of likely N-dealkylation sites (tertiary alicyclic amines) is 1. The van der Waals surface area contributed by atoms with E-state index < -0.39 is 11.9 Å². The Bertz CT molecular complexity index is 1150. The zero-order valence-electron chi connectivity index (χ0n) is 17.2. The van der Waals surface area contributed by atoms with E-state index in [1.807, 2.05) is 10.3 Å². The fourth-order valence-electron chi connectivity index (χ4n) is 4.77. The molecule has 0 radical (unpaired) electrons. The van der Waals surface area contributed by atoms with E-state index in [0.29, 0.717) is 24.5 Å². The summed E-state index contributed by atoms with van der Waals surface area (Å²) in [5.41, 5.74) is 2.24. The minimum absolute atomic E-state index is 0.0396. The first-order chi connectivity index (χ1) is 14.8. The van der Waals surface area contributed by atoms with Gasteiger partial charge in [-0.05, 0) is 57.1 Å². The third-order valence-electron chi connectivity index (χ3n) is 6.28. The molecule has 1 atom stereocenters. The smallest absolute Gasteiger partial charge is 0.338 e. The number of rotatable bonds is 2. The molecule has 1 amide bonds. The maximum Gasteiger partial charge on any atom is 0.433 e. The number of halogens is 3. The molecule has 164 valence electrons. The highest BCUT2D eigenvalue weighted by Gasteiger charge is 2.36. The highest BCUT2D eigenvalue weighted by molar-refractivity contribution is 7.10. The number of aryl methyl sites for hydroxylation is 2. The first kappa shape index (κ1) is 20.5. The Morgan fingerprint density at radius 2 is 2.00 bits per heavy atom. The molecule has 5 nitrogen and oxygen atoms in total. The molecular weight excluding hydrogens is 425 g/mol. The lowest BCUT2D eigenvalue weighted by Crippen LogP contribution is -2.39. The zero-order chi connectivity index (χ0) is 21.8. The molecule has 4 heterocycles. The van der Waals surface area contributed by atoms with E-state index in [0.717, 1.165) is 48.2 Å². The van der Waals surface area contributed by atoms with Gasteiger partial charge in [-0.25, -0.2) is 9.50 Å². The van der Waals surface area contributed by atoms with E-state index in [1.165, 1.54) is 16.9 Å². The van der Waals surface area contributed by atoms with E-state index in [4.69, 9.17) is 0 Å². The molecule has 0 N–H and O–H groups in total. The Kier molecular flexibility index (Phi) is 5.03. The molecule has 3 aromatic heterocycles. The van der Waals surface area contributed by atoms with Crippen molar-refractivity contribution in [3.63, 3.8) is 0 Å². The fraction of sp³-hybridized carbons (Fsp3) is 0.500. The van der Waals surface area contributed by atoms with Crippen LogP contribution in [0, 0.1) is 6.92 Å². The summed E-state index contributed by atoms with van der Waals surface area (Å²) in [5.74, 6) is -0.0620. The number of hydrogen-bond donors (Lipinski definition) is 0. The van der Waals surface area contributed by atoms with Crippen molar-refractivity contribution in [3.05, 3.63) is 50.6 Å². The second-order valence-electron chi connectivity index (χ2n) is 8.47. The minimum atomic E-state index is -4.51. The maximum absolute atomic E-state index is 13.5. The number of carbonyl (C=O) groups excluding carboxylic acids is 1. The number of piperidine rings is 1. The van der Waals surface area contributed by atoms with Gasteiger partial charge in [0.05, 0.1) is 11.3 Å². The zero-order valence-corrected chi connectivity index (χ0v) is 18.0. The summed E-state index contributed by atoms with van der Waals surface area (Å²) in [6.45, 7) is 2.68. The van der Waals surface area contributed by atoms with Gasteiger partial charge in [0.25, 0.3) is 5.91 Å². The highest BCUT2D eigenvalue weighted by Crippen LogP contribution is 2.34. The van der Waals surface area contributed by atoms with Crippen molar-refractivity contribution >= 4 is 22.9 Å². The van der Waals surface area contributed by atoms with Crippen LogP contribution < -0.4 is 0 Å². The Morgan fingerprint density at radius 3 is 2.81 bits per heavy atom. The van der Waals surface area contributed by atoms with E-state index in [9.17, 15) is 18.0 Å². The van der Waals surface area contributed by atoms with E-state index in [-0.39, 0.29) is 17.5 Å². The Labute approximate surface area is 181 Å². The van der Waals surface area contributed by atoms with Crippen molar-refractivity contribution in [2.24, 2.45) is 0 Å². The van der Waals surface area contributed by atoms with E-state index in [1.54, 1.807) is 24.3 Å². The SMILES string of the molecule is Cc1cc(C(F)(F)F)n2nc(C3CCCN(C(=O)c4csc5c4CCCC5)C3)cc2n1. The van der Waals surface area contributed by atoms with Crippen LogP contribution in [0.3, 0.4) is 0 Å². The Balaban J connectivity index is 1.42. The van der Waals surface area contributed by atoms with Crippen LogP contribution in [0.25, 0.3) is 5.65 Å². The largest absolute Gasteiger partial charge is 0.433 e. The summed E-state index contributed by atoms with van der Waals surface area (Å²) in [4.78, 5) is 20.7. The maximum atomic E-state index is 13.5. The summed E-state index contributed by atoms with van der Waals surface area (Å²) < 4.78 is 41.3. The van der Waals surface area contributed by atoms with Crippen molar-refractivity contribution < 1.29 is 18.0 Å². The first-order valence-electron chi connectivity index (χ1n) is 10.6. The van der Waals surface area contributed by atoms with Crippen LogP contribution in [0.1, 0.15) is 69.5 Å². The van der Waals surface area contributed by atoms with Crippen LogP contribution in [0.2, 0.25) is 0 Å². The lowest BCUT2D eigenvalue weighted by atomic mass is 9.92. The fourth-order valence-corrected chi connectivity index (χ4v) is 5.89. The van der Waals surface area contributed by atoms with Crippen LogP contribution in [-0.2, 0) is 19.0 Å². The standard InChI is InChI=1S/C22H23F3N4OS/c1-13-9-19(22(23,24)25)29-20(26-13)10-17(27-29)14-5-4-8-28(11-14)21(30)16-12-31-18-7-3-2-6-15(16)18/h9-10,12,14H,2-8,11H2,1H3. The monoisotopic (exact) mass is 448 g/mol. The predicted octanol–water partition coefficient (Wildman–Crippen LogP) is 5.02. The molecule has 2 aliphatic rings. The molecule has 0 aromatic carbocycles. The molecule has 1 fully saturated rings. The first-order valence-corrected chi connectivity index (χ1v) is 11.5. The van der Waals surface area contributed by atoms with Crippen LogP contribution in [0.4, 0.5) is 13.2 Å². The van der Waals surface area contributed by atoms with Crippen LogP contribution >= 0.6 is 11.3 Å².